The third-order valence-electron chi connectivity index (χ3n) is 3.47. The molecule has 2 rings (SSSR count). The van der Waals surface area contributed by atoms with Gasteiger partial charge in [0.25, 0.3) is 0 Å². The molecule has 0 unspecified atom stereocenters. The Hall–Kier alpha value is -1.87. The summed E-state index contributed by atoms with van der Waals surface area (Å²) in [4.78, 5) is 0. The van der Waals surface area contributed by atoms with Gasteiger partial charge in [0.2, 0.25) is 0 Å². The van der Waals surface area contributed by atoms with E-state index < -0.39 is 0 Å². The van der Waals surface area contributed by atoms with Crippen molar-refractivity contribution in [2.24, 2.45) is 0 Å². The molecule has 0 atom stereocenters. The molecule has 0 saturated heterocycles. The fraction of sp³-hybridized carbons (Fsp3) is 0.278. The van der Waals surface area contributed by atoms with Gasteiger partial charge < -0.3 is 10.6 Å². The van der Waals surface area contributed by atoms with E-state index in [4.69, 9.17) is 12.2 Å². The summed E-state index contributed by atoms with van der Waals surface area (Å²) in [5, 5.41) is 7.20. The molecule has 21 heavy (non-hydrogen) atoms. The first-order valence-corrected chi connectivity index (χ1v) is 7.62. The minimum absolute atomic E-state index is 0.453. The molecule has 110 valence electrons. The highest BCUT2D eigenvalue weighted by Crippen LogP contribution is 2.27. The van der Waals surface area contributed by atoms with Gasteiger partial charge in [-0.15, -0.1) is 0 Å². The molecule has 0 aliphatic carbocycles. The van der Waals surface area contributed by atoms with Gasteiger partial charge in [0.15, 0.2) is 5.11 Å². The van der Waals surface area contributed by atoms with Crippen molar-refractivity contribution in [3.8, 4) is 0 Å². The highest BCUT2D eigenvalue weighted by molar-refractivity contribution is 7.80. The predicted molar refractivity (Wildman–Crippen MR) is 96.3 cm³/mol. The summed E-state index contributed by atoms with van der Waals surface area (Å²) in [6, 6.07) is 14.5. The Morgan fingerprint density at radius 3 is 2.24 bits per heavy atom. The van der Waals surface area contributed by atoms with Gasteiger partial charge >= 0.3 is 0 Å². The summed E-state index contributed by atoms with van der Waals surface area (Å²) in [6.45, 7) is 8.55. The van der Waals surface area contributed by atoms with Gasteiger partial charge in [-0.2, -0.15) is 0 Å². The van der Waals surface area contributed by atoms with E-state index in [0.717, 1.165) is 11.4 Å². The molecule has 0 heterocycles. The SMILES string of the molecule is Cc1ccc(NC(=S)Nc2c(C)cccc2C(C)C)cc1. The summed E-state index contributed by atoms with van der Waals surface area (Å²) in [5.41, 5.74) is 5.83. The minimum Gasteiger partial charge on any atom is -0.332 e. The number of hydrogen-bond donors (Lipinski definition) is 2. The van der Waals surface area contributed by atoms with Crippen molar-refractivity contribution in [1.82, 2.24) is 0 Å². The van der Waals surface area contributed by atoms with Crippen molar-refractivity contribution < 1.29 is 0 Å². The summed E-state index contributed by atoms with van der Waals surface area (Å²) in [7, 11) is 0. The lowest BCUT2D eigenvalue weighted by Gasteiger charge is -2.18. The zero-order valence-electron chi connectivity index (χ0n) is 13.0. The Kier molecular flexibility index (Phi) is 4.97. The van der Waals surface area contributed by atoms with Crippen LogP contribution in [0.1, 0.15) is 36.5 Å². The number of thiocarbonyl (C=S) groups is 1. The van der Waals surface area contributed by atoms with Crippen LogP contribution in [0.2, 0.25) is 0 Å². The highest BCUT2D eigenvalue weighted by atomic mass is 32.1. The molecule has 2 N–H and O–H groups in total. The smallest absolute Gasteiger partial charge is 0.175 e. The van der Waals surface area contributed by atoms with Crippen molar-refractivity contribution in [1.29, 1.82) is 0 Å². The summed E-state index contributed by atoms with van der Waals surface area (Å²) >= 11 is 5.43. The molecule has 0 spiro atoms. The minimum atomic E-state index is 0.453. The highest BCUT2D eigenvalue weighted by Gasteiger charge is 2.10. The van der Waals surface area contributed by atoms with Gasteiger partial charge in [0.1, 0.15) is 0 Å². The molecule has 2 nitrogen and oxygen atoms in total. The molecule has 0 bridgehead atoms. The van der Waals surface area contributed by atoms with Crippen molar-refractivity contribution in [2.45, 2.75) is 33.6 Å². The van der Waals surface area contributed by atoms with E-state index in [9.17, 15) is 0 Å². The topological polar surface area (TPSA) is 24.1 Å². The molecule has 3 heteroatoms. The van der Waals surface area contributed by atoms with Crippen LogP contribution in [-0.4, -0.2) is 5.11 Å². The Labute approximate surface area is 132 Å². The average Bonchev–Trinajstić information content (AvgIpc) is 2.43. The second kappa shape index (κ2) is 6.72. The van der Waals surface area contributed by atoms with Crippen LogP contribution in [0, 0.1) is 13.8 Å². The Morgan fingerprint density at radius 1 is 0.952 bits per heavy atom. The van der Waals surface area contributed by atoms with E-state index in [1.807, 2.05) is 12.1 Å². The van der Waals surface area contributed by atoms with Crippen LogP contribution >= 0.6 is 12.2 Å². The quantitative estimate of drug-likeness (QED) is 0.758. The first kappa shape index (κ1) is 15.5. The van der Waals surface area contributed by atoms with Gasteiger partial charge in [-0.1, -0.05) is 49.7 Å². The third kappa shape index (κ3) is 4.05. The predicted octanol–water partition coefficient (Wildman–Crippen LogP) is 5.24. The molecule has 0 fully saturated rings. The second-order valence-electron chi connectivity index (χ2n) is 5.64. The van der Waals surface area contributed by atoms with Crippen molar-refractivity contribution in [3.05, 3.63) is 59.2 Å². The first-order valence-electron chi connectivity index (χ1n) is 7.21. The van der Waals surface area contributed by atoms with Gasteiger partial charge in [-0.3, -0.25) is 0 Å². The van der Waals surface area contributed by atoms with Crippen LogP contribution in [0.25, 0.3) is 0 Å². The van der Waals surface area contributed by atoms with Gasteiger partial charge in [-0.05, 0) is 55.2 Å². The summed E-state index contributed by atoms with van der Waals surface area (Å²) in [6.07, 6.45) is 0. The maximum Gasteiger partial charge on any atom is 0.175 e. The number of aryl methyl sites for hydroxylation is 2. The van der Waals surface area contributed by atoms with E-state index >= 15 is 0 Å². The number of benzene rings is 2. The van der Waals surface area contributed by atoms with Crippen LogP contribution in [0.3, 0.4) is 0 Å². The van der Waals surface area contributed by atoms with Crippen LogP contribution in [0.15, 0.2) is 42.5 Å². The normalized spacial score (nSPS) is 10.5. The lowest BCUT2D eigenvalue weighted by atomic mass is 9.98. The zero-order chi connectivity index (χ0) is 15.4. The standard InChI is InChI=1S/C18H22N2S/c1-12(2)16-7-5-6-14(4)17(16)20-18(21)19-15-10-8-13(3)9-11-15/h5-12H,1-4H3,(H2,19,20,21). The molecule has 0 radical (unpaired) electrons. The Bertz CT molecular complexity index is 630. The largest absolute Gasteiger partial charge is 0.332 e. The molecule has 0 aliphatic heterocycles. The van der Waals surface area contributed by atoms with Crippen molar-refractivity contribution in [3.63, 3.8) is 0 Å². The molecule has 0 amide bonds. The van der Waals surface area contributed by atoms with Crippen LogP contribution in [-0.2, 0) is 0 Å². The van der Waals surface area contributed by atoms with Crippen molar-refractivity contribution in [2.75, 3.05) is 10.6 Å². The molecular formula is C18H22N2S. The van der Waals surface area contributed by atoms with E-state index in [2.05, 4.69) is 68.7 Å². The van der Waals surface area contributed by atoms with E-state index in [1.165, 1.54) is 16.7 Å². The van der Waals surface area contributed by atoms with Crippen LogP contribution in [0.5, 0.6) is 0 Å². The molecular weight excluding hydrogens is 276 g/mol. The number of rotatable bonds is 3. The van der Waals surface area contributed by atoms with E-state index in [1.54, 1.807) is 0 Å². The van der Waals surface area contributed by atoms with Gasteiger partial charge in [-0.25, -0.2) is 0 Å². The Balaban J connectivity index is 2.14. The second-order valence-corrected chi connectivity index (χ2v) is 6.05. The number of anilines is 2. The lowest BCUT2D eigenvalue weighted by molar-refractivity contribution is 0.868. The maximum atomic E-state index is 5.43. The number of nitrogens with one attached hydrogen (secondary N) is 2. The van der Waals surface area contributed by atoms with Crippen LogP contribution in [0.4, 0.5) is 11.4 Å². The van der Waals surface area contributed by atoms with E-state index in [-0.39, 0.29) is 0 Å². The summed E-state index contributed by atoms with van der Waals surface area (Å²) < 4.78 is 0. The number of para-hydroxylation sites is 1. The van der Waals surface area contributed by atoms with Crippen LogP contribution < -0.4 is 10.6 Å². The van der Waals surface area contributed by atoms with E-state index in [0.29, 0.717) is 11.0 Å². The van der Waals surface area contributed by atoms with Crippen molar-refractivity contribution >= 4 is 28.7 Å². The fourth-order valence-electron chi connectivity index (χ4n) is 2.26. The molecule has 0 aliphatic rings. The average molecular weight is 298 g/mol. The fourth-order valence-corrected chi connectivity index (χ4v) is 2.48. The Morgan fingerprint density at radius 2 is 1.62 bits per heavy atom. The molecule has 0 saturated carbocycles. The zero-order valence-corrected chi connectivity index (χ0v) is 13.8. The maximum absolute atomic E-state index is 5.43. The number of hydrogen-bond acceptors (Lipinski definition) is 1. The monoisotopic (exact) mass is 298 g/mol. The third-order valence-corrected chi connectivity index (χ3v) is 3.68. The molecule has 2 aromatic carbocycles. The summed E-state index contributed by atoms with van der Waals surface area (Å²) in [5.74, 6) is 0.453. The first-order chi connectivity index (χ1) is 9.97. The van der Waals surface area contributed by atoms with Gasteiger partial charge in [0.05, 0.1) is 0 Å². The molecule has 2 aromatic rings. The lowest BCUT2D eigenvalue weighted by Crippen LogP contribution is -2.20. The molecule has 0 aromatic heterocycles. The van der Waals surface area contributed by atoms with Gasteiger partial charge in [0, 0.05) is 11.4 Å².